The fourth-order valence-electron chi connectivity index (χ4n) is 3.89. The molecule has 1 aromatic carbocycles. The number of aliphatic hydroxyl groups is 1. The molecule has 0 aromatic heterocycles. The molecule has 0 radical (unpaired) electrons. The van der Waals surface area contributed by atoms with Crippen LogP contribution in [0, 0.1) is 5.92 Å². The van der Waals surface area contributed by atoms with Crippen molar-refractivity contribution in [2.24, 2.45) is 5.92 Å². The highest BCUT2D eigenvalue weighted by molar-refractivity contribution is 5.35. The normalized spacial score (nSPS) is 21.9. The van der Waals surface area contributed by atoms with E-state index in [0.29, 0.717) is 12.5 Å². The molecule has 2 N–H and O–H groups in total. The molecule has 1 saturated carbocycles. The van der Waals surface area contributed by atoms with Crippen LogP contribution in [-0.2, 0) is 19.4 Å². The molecule has 0 heterocycles. The van der Waals surface area contributed by atoms with Crippen molar-refractivity contribution in [3.8, 4) is 0 Å². The minimum Gasteiger partial charge on any atom is -0.389 e. The zero-order valence-corrected chi connectivity index (χ0v) is 12.6. The van der Waals surface area contributed by atoms with Crippen molar-refractivity contribution < 1.29 is 5.11 Å². The van der Waals surface area contributed by atoms with Crippen LogP contribution in [0.4, 0.5) is 0 Å². The number of fused-ring (bicyclic) bond motifs is 1. The van der Waals surface area contributed by atoms with E-state index in [1.165, 1.54) is 61.6 Å². The fraction of sp³-hybridized carbons (Fsp3) is 0.667. The maximum atomic E-state index is 10.6. The summed E-state index contributed by atoms with van der Waals surface area (Å²) in [5.41, 5.74) is 3.87. The lowest BCUT2D eigenvalue weighted by atomic mass is 9.87. The van der Waals surface area contributed by atoms with Crippen molar-refractivity contribution in [2.75, 3.05) is 6.54 Å². The van der Waals surface area contributed by atoms with Crippen molar-refractivity contribution in [1.29, 1.82) is 0 Å². The zero-order valence-electron chi connectivity index (χ0n) is 12.6. The van der Waals surface area contributed by atoms with Crippen LogP contribution in [0.1, 0.15) is 55.7 Å². The Bertz CT molecular complexity index is 460. The van der Waals surface area contributed by atoms with Gasteiger partial charge in [-0.1, -0.05) is 31.0 Å². The van der Waals surface area contributed by atoms with Gasteiger partial charge >= 0.3 is 0 Å². The van der Waals surface area contributed by atoms with Crippen molar-refractivity contribution >= 4 is 0 Å². The Morgan fingerprint density at radius 1 is 1.15 bits per heavy atom. The van der Waals surface area contributed by atoms with E-state index in [2.05, 4.69) is 23.5 Å². The molecule has 2 aliphatic carbocycles. The average Bonchev–Trinajstić information content (AvgIpc) is 3.09. The lowest BCUT2D eigenvalue weighted by Crippen LogP contribution is -2.43. The molecule has 0 amide bonds. The van der Waals surface area contributed by atoms with Crippen molar-refractivity contribution in [3.05, 3.63) is 34.9 Å². The minimum atomic E-state index is -0.548. The number of hydrogen-bond acceptors (Lipinski definition) is 2. The van der Waals surface area contributed by atoms with Crippen LogP contribution in [0.3, 0.4) is 0 Å². The number of aryl methyl sites for hydroxylation is 2. The van der Waals surface area contributed by atoms with Gasteiger partial charge in [-0.3, -0.25) is 0 Å². The standard InChI is InChI=1S/C18H27NO/c1-18(20,17-7-2-3-8-17)13-19-12-14-9-10-15-5-4-6-16(15)11-14/h9-11,17,19-20H,2-8,12-13H2,1H3. The van der Waals surface area contributed by atoms with Crippen molar-refractivity contribution in [2.45, 2.75) is 64.0 Å². The molecule has 20 heavy (non-hydrogen) atoms. The summed E-state index contributed by atoms with van der Waals surface area (Å²) in [4.78, 5) is 0. The van der Waals surface area contributed by atoms with E-state index in [4.69, 9.17) is 0 Å². The first-order valence-corrected chi connectivity index (χ1v) is 8.19. The third-order valence-corrected chi connectivity index (χ3v) is 5.21. The molecule has 110 valence electrons. The summed E-state index contributed by atoms with van der Waals surface area (Å²) < 4.78 is 0. The molecule has 0 spiro atoms. The third kappa shape index (κ3) is 3.07. The van der Waals surface area contributed by atoms with Gasteiger partial charge in [0.05, 0.1) is 5.60 Å². The van der Waals surface area contributed by atoms with Gasteiger partial charge in [0.15, 0.2) is 0 Å². The van der Waals surface area contributed by atoms with E-state index in [-0.39, 0.29) is 0 Å². The Morgan fingerprint density at radius 3 is 2.70 bits per heavy atom. The highest BCUT2D eigenvalue weighted by Gasteiger charge is 2.33. The monoisotopic (exact) mass is 273 g/mol. The molecule has 1 aromatic rings. The van der Waals surface area contributed by atoms with Crippen LogP contribution in [0.25, 0.3) is 0 Å². The Balaban J connectivity index is 1.52. The van der Waals surface area contributed by atoms with Crippen LogP contribution in [0.5, 0.6) is 0 Å². The van der Waals surface area contributed by atoms with Gasteiger partial charge in [-0.15, -0.1) is 0 Å². The van der Waals surface area contributed by atoms with Crippen LogP contribution < -0.4 is 5.32 Å². The number of hydrogen-bond donors (Lipinski definition) is 2. The minimum absolute atomic E-state index is 0.482. The van der Waals surface area contributed by atoms with E-state index in [0.717, 1.165) is 6.54 Å². The maximum Gasteiger partial charge on any atom is 0.0771 e. The first-order valence-electron chi connectivity index (χ1n) is 8.19. The summed E-state index contributed by atoms with van der Waals surface area (Å²) in [5, 5.41) is 14.0. The molecule has 1 fully saturated rings. The zero-order chi connectivity index (χ0) is 14.0. The van der Waals surface area contributed by atoms with Crippen LogP contribution in [0.2, 0.25) is 0 Å². The molecule has 0 saturated heterocycles. The maximum absolute atomic E-state index is 10.6. The Hall–Kier alpha value is -0.860. The van der Waals surface area contributed by atoms with Crippen LogP contribution in [0.15, 0.2) is 18.2 Å². The summed E-state index contributed by atoms with van der Waals surface area (Å²) >= 11 is 0. The van der Waals surface area contributed by atoms with Gasteiger partial charge in [0.2, 0.25) is 0 Å². The lowest BCUT2D eigenvalue weighted by molar-refractivity contribution is 0.00216. The SMILES string of the molecule is CC(O)(CNCc1ccc2c(c1)CCC2)C1CCCC1. The second-order valence-corrected chi connectivity index (χ2v) is 6.90. The van der Waals surface area contributed by atoms with Crippen LogP contribution in [-0.4, -0.2) is 17.3 Å². The van der Waals surface area contributed by atoms with Gasteiger partial charge in [0.1, 0.15) is 0 Å². The molecule has 1 unspecified atom stereocenters. The molecule has 0 aliphatic heterocycles. The van der Waals surface area contributed by atoms with E-state index in [1.54, 1.807) is 0 Å². The summed E-state index contributed by atoms with van der Waals surface area (Å²) in [6.45, 7) is 3.57. The average molecular weight is 273 g/mol. The topological polar surface area (TPSA) is 32.3 Å². The molecule has 2 nitrogen and oxygen atoms in total. The highest BCUT2D eigenvalue weighted by atomic mass is 16.3. The smallest absolute Gasteiger partial charge is 0.0771 e. The first-order chi connectivity index (χ1) is 9.65. The predicted octanol–water partition coefficient (Wildman–Crippen LogP) is 3.21. The lowest BCUT2D eigenvalue weighted by Gasteiger charge is -2.30. The molecule has 0 bridgehead atoms. The molecular formula is C18H27NO. The van der Waals surface area contributed by atoms with Crippen LogP contribution >= 0.6 is 0 Å². The van der Waals surface area contributed by atoms with E-state index in [1.807, 2.05) is 6.92 Å². The van der Waals surface area contributed by atoms with Gasteiger partial charge in [0.25, 0.3) is 0 Å². The Kier molecular flexibility index (Phi) is 4.13. The Labute approximate surface area is 122 Å². The molecule has 3 rings (SSSR count). The Morgan fingerprint density at radius 2 is 1.90 bits per heavy atom. The fourth-order valence-corrected chi connectivity index (χ4v) is 3.89. The van der Waals surface area contributed by atoms with Gasteiger partial charge in [-0.05, 0) is 61.6 Å². The number of rotatable bonds is 5. The summed E-state index contributed by atoms with van der Waals surface area (Å²) in [7, 11) is 0. The summed E-state index contributed by atoms with van der Waals surface area (Å²) in [5.74, 6) is 0.482. The summed E-state index contributed by atoms with van der Waals surface area (Å²) in [6.07, 6.45) is 8.74. The van der Waals surface area contributed by atoms with E-state index < -0.39 is 5.60 Å². The number of nitrogens with one attached hydrogen (secondary N) is 1. The molecule has 2 aliphatic rings. The number of benzene rings is 1. The van der Waals surface area contributed by atoms with E-state index in [9.17, 15) is 5.11 Å². The quantitative estimate of drug-likeness (QED) is 0.863. The second-order valence-electron chi connectivity index (χ2n) is 6.90. The largest absolute Gasteiger partial charge is 0.389 e. The van der Waals surface area contributed by atoms with Crippen molar-refractivity contribution in [3.63, 3.8) is 0 Å². The highest BCUT2D eigenvalue weighted by Crippen LogP contribution is 2.33. The summed E-state index contributed by atoms with van der Waals surface area (Å²) in [6, 6.07) is 6.87. The van der Waals surface area contributed by atoms with Crippen molar-refractivity contribution in [1.82, 2.24) is 5.32 Å². The predicted molar refractivity (Wildman–Crippen MR) is 82.8 cm³/mol. The van der Waals surface area contributed by atoms with Gasteiger partial charge < -0.3 is 10.4 Å². The van der Waals surface area contributed by atoms with Gasteiger partial charge in [-0.25, -0.2) is 0 Å². The van der Waals surface area contributed by atoms with Gasteiger partial charge in [-0.2, -0.15) is 0 Å². The first kappa shape index (κ1) is 14.1. The van der Waals surface area contributed by atoms with Gasteiger partial charge in [0, 0.05) is 13.1 Å². The molecule has 1 atom stereocenters. The molecule has 2 heteroatoms. The molecular weight excluding hydrogens is 246 g/mol. The second kappa shape index (κ2) is 5.87. The van der Waals surface area contributed by atoms with E-state index >= 15 is 0 Å². The third-order valence-electron chi connectivity index (χ3n) is 5.21.